The second-order valence-electron chi connectivity index (χ2n) is 6.27. The van der Waals surface area contributed by atoms with Crippen molar-refractivity contribution in [2.75, 3.05) is 4.72 Å². The first-order valence-electron chi connectivity index (χ1n) is 8.16. The molecule has 0 aliphatic heterocycles. The Morgan fingerprint density at radius 3 is 2.74 bits per heavy atom. The van der Waals surface area contributed by atoms with E-state index in [1.54, 1.807) is 55.5 Å². The summed E-state index contributed by atoms with van der Waals surface area (Å²) in [6, 6.07) is 10.5. The fourth-order valence-electron chi connectivity index (χ4n) is 2.86. The van der Waals surface area contributed by atoms with Gasteiger partial charge in [0.1, 0.15) is 0 Å². The Kier molecular flexibility index (Phi) is 4.46. The minimum atomic E-state index is -3.73. The molecule has 2 aromatic carbocycles. The highest BCUT2D eigenvalue weighted by atomic mass is 35.5. The molecule has 0 atom stereocenters. The normalized spacial score (nSPS) is 11.8. The van der Waals surface area contributed by atoms with Crippen LogP contribution in [-0.2, 0) is 10.0 Å². The van der Waals surface area contributed by atoms with Crippen LogP contribution in [0.1, 0.15) is 11.1 Å². The SMILES string of the molecule is Cc1cc(S(=O)(=O)Nc2cccc(-c3cn4ccsc4n3)c2)c(C)cc1Cl. The Morgan fingerprint density at radius 2 is 1.96 bits per heavy atom. The monoisotopic (exact) mass is 417 g/mol. The molecule has 2 heterocycles. The maximum Gasteiger partial charge on any atom is 0.262 e. The fourth-order valence-corrected chi connectivity index (χ4v) is 5.14. The molecule has 27 heavy (non-hydrogen) atoms. The first-order valence-corrected chi connectivity index (χ1v) is 10.9. The van der Waals surface area contributed by atoms with E-state index < -0.39 is 10.0 Å². The van der Waals surface area contributed by atoms with E-state index in [9.17, 15) is 8.42 Å². The number of thiazole rings is 1. The molecular weight excluding hydrogens is 402 g/mol. The van der Waals surface area contributed by atoms with Crippen molar-refractivity contribution in [1.82, 2.24) is 9.38 Å². The number of aromatic nitrogens is 2. The summed E-state index contributed by atoms with van der Waals surface area (Å²) in [5, 5.41) is 2.51. The van der Waals surface area contributed by atoms with Gasteiger partial charge in [0.25, 0.3) is 10.0 Å². The molecule has 0 amide bonds. The summed E-state index contributed by atoms with van der Waals surface area (Å²) >= 11 is 7.63. The highest BCUT2D eigenvalue weighted by molar-refractivity contribution is 7.92. The fraction of sp³-hybridized carbons (Fsp3) is 0.105. The number of anilines is 1. The number of aryl methyl sites for hydroxylation is 2. The van der Waals surface area contributed by atoms with Gasteiger partial charge < -0.3 is 0 Å². The van der Waals surface area contributed by atoms with E-state index in [4.69, 9.17) is 11.6 Å². The van der Waals surface area contributed by atoms with Crippen LogP contribution < -0.4 is 4.72 Å². The van der Waals surface area contributed by atoms with Gasteiger partial charge in [0, 0.05) is 34.0 Å². The minimum absolute atomic E-state index is 0.220. The molecule has 0 aliphatic rings. The molecule has 5 nitrogen and oxygen atoms in total. The number of fused-ring (bicyclic) bond motifs is 1. The number of halogens is 1. The van der Waals surface area contributed by atoms with Gasteiger partial charge in [-0.3, -0.25) is 9.12 Å². The zero-order valence-electron chi connectivity index (χ0n) is 14.6. The molecule has 1 N–H and O–H groups in total. The van der Waals surface area contributed by atoms with Gasteiger partial charge >= 0.3 is 0 Å². The Balaban J connectivity index is 1.68. The lowest BCUT2D eigenvalue weighted by Gasteiger charge is -2.12. The van der Waals surface area contributed by atoms with Crippen molar-refractivity contribution in [2.45, 2.75) is 18.7 Å². The van der Waals surface area contributed by atoms with Crippen molar-refractivity contribution in [3.8, 4) is 11.3 Å². The molecule has 8 heteroatoms. The zero-order chi connectivity index (χ0) is 19.2. The first-order chi connectivity index (χ1) is 12.8. The third-order valence-electron chi connectivity index (χ3n) is 4.25. The molecule has 0 unspecified atom stereocenters. The van der Waals surface area contributed by atoms with Crippen molar-refractivity contribution in [3.63, 3.8) is 0 Å². The number of benzene rings is 2. The molecule has 0 saturated heterocycles. The number of imidazole rings is 1. The Bertz CT molecular complexity index is 1230. The molecule has 0 spiro atoms. The Labute approximate surface area is 166 Å². The zero-order valence-corrected chi connectivity index (χ0v) is 17.0. The smallest absolute Gasteiger partial charge is 0.262 e. The molecule has 0 aliphatic carbocycles. The largest absolute Gasteiger partial charge is 0.297 e. The van der Waals surface area contributed by atoms with Crippen LogP contribution in [0.3, 0.4) is 0 Å². The number of hydrogen-bond donors (Lipinski definition) is 1. The summed E-state index contributed by atoms with van der Waals surface area (Å²) in [7, 11) is -3.73. The second kappa shape index (κ2) is 6.67. The topological polar surface area (TPSA) is 63.5 Å². The number of rotatable bonds is 4. The molecule has 138 valence electrons. The van der Waals surface area contributed by atoms with Gasteiger partial charge in [0.05, 0.1) is 10.6 Å². The number of hydrogen-bond acceptors (Lipinski definition) is 4. The van der Waals surface area contributed by atoms with Gasteiger partial charge in [0.15, 0.2) is 4.96 Å². The molecule has 4 rings (SSSR count). The van der Waals surface area contributed by atoms with E-state index in [0.717, 1.165) is 21.8 Å². The van der Waals surface area contributed by atoms with E-state index >= 15 is 0 Å². The standard InChI is InChI=1S/C19H16ClN3O2S2/c1-12-9-18(13(2)8-16(12)20)27(24,25)22-15-5-3-4-14(10-15)17-11-23-6-7-26-19(23)21-17/h3-11,22H,1-2H3. The van der Waals surface area contributed by atoms with Crippen LogP contribution in [0, 0.1) is 13.8 Å². The summed E-state index contributed by atoms with van der Waals surface area (Å²) in [6.45, 7) is 3.51. The van der Waals surface area contributed by atoms with Crippen molar-refractivity contribution < 1.29 is 8.42 Å². The molecule has 0 fully saturated rings. The molecule has 0 radical (unpaired) electrons. The second-order valence-corrected chi connectivity index (χ2v) is 9.20. The summed E-state index contributed by atoms with van der Waals surface area (Å²) < 4.78 is 30.3. The van der Waals surface area contributed by atoms with Crippen LogP contribution in [0.4, 0.5) is 5.69 Å². The lowest BCUT2D eigenvalue weighted by Crippen LogP contribution is -2.14. The predicted molar refractivity (Wildman–Crippen MR) is 110 cm³/mol. The quantitative estimate of drug-likeness (QED) is 0.500. The Morgan fingerprint density at radius 1 is 1.15 bits per heavy atom. The maximum atomic E-state index is 12.9. The van der Waals surface area contributed by atoms with E-state index in [1.807, 2.05) is 28.2 Å². The van der Waals surface area contributed by atoms with Crippen LogP contribution in [0.15, 0.2) is 59.1 Å². The molecule has 0 bridgehead atoms. The van der Waals surface area contributed by atoms with E-state index in [2.05, 4.69) is 9.71 Å². The summed E-state index contributed by atoms with van der Waals surface area (Å²) in [6.07, 6.45) is 3.86. The van der Waals surface area contributed by atoms with E-state index in [-0.39, 0.29) is 4.90 Å². The van der Waals surface area contributed by atoms with Gasteiger partial charge in [0.2, 0.25) is 0 Å². The molecule has 0 saturated carbocycles. The van der Waals surface area contributed by atoms with Crippen molar-refractivity contribution in [1.29, 1.82) is 0 Å². The third-order valence-corrected chi connectivity index (χ3v) is 6.95. The van der Waals surface area contributed by atoms with Gasteiger partial charge in [-0.2, -0.15) is 0 Å². The Hall–Kier alpha value is -2.35. The van der Waals surface area contributed by atoms with Gasteiger partial charge in [-0.25, -0.2) is 13.4 Å². The lowest BCUT2D eigenvalue weighted by atomic mass is 10.1. The summed E-state index contributed by atoms with van der Waals surface area (Å²) in [5.74, 6) is 0. The first kappa shape index (κ1) is 18.0. The van der Waals surface area contributed by atoms with Gasteiger partial charge in [-0.1, -0.05) is 23.7 Å². The van der Waals surface area contributed by atoms with Gasteiger partial charge in [-0.05, 0) is 49.2 Å². The average Bonchev–Trinajstić information content (AvgIpc) is 3.19. The van der Waals surface area contributed by atoms with Crippen LogP contribution >= 0.6 is 22.9 Å². The molecule has 4 aromatic rings. The molecular formula is C19H16ClN3O2S2. The molecule has 2 aromatic heterocycles. The summed E-state index contributed by atoms with van der Waals surface area (Å²) in [5.41, 5.74) is 3.44. The predicted octanol–water partition coefficient (Wildman–Crippen LogP) is 5.13. The number of sulfonamides is 1. The van der Waals surface area contributed by atoms with Gasteiger partial charge in [-0.15, -0.1) is 11.3 Å². The minimum Gasteiger partial charge on any atom is -0.297 e. The van der Waals surface area contributed by atoms with Crippen LogP contribution in [-0.4, -0.2) is 17.8 Å². The van der Waals surface area contributed by atoms with Crippen LogP contribution in [0.25, 0.3) is 16.2 Å². The van der Waals surface area contributed by atoms with E-state index in [0.29, 0.717) is 16.3 Å². The third kappa shape index (κ3) is 3.45. The van der Waals surface area contributed by atoms with Crippen LogP contribution in [0.5, 0.6) is 0 Å². The summed E-state index contributed by atoms with van der Waals surface area (Å²) in [4.78, 5) is 5.68. The average molecular weight is 418 g/mol. The maximum absolute atomic E-state index is 12.9. The number of nitrogens with zero attached hydrogens (tertiary/aromatic N) is 2. The van der Waals surface area contributed by atoms with Crippen LogP contribution in [0.2, 0.25) is 5.02 Å². The highest BCUT2D eigenvalue weighted by Gasteiger charge is 2.19. The lowest BCUT2D eigenvalue weighted by molar-refractivity contribution is 0.600. The van der Waals surface area contributed by atoms with E-state index in [1.165, 1.54) is 0 Å². The number of nitrogens with one attached hydrogen (secondary N) is 1. The van der Waals surface area contributed by atoms with Crippen molar-refractivity contribution in [2.24, 2.45) is 0 Å². The van der Waals surface area contributed by atoms with Crippen molar-refractivity contribution in [3.05, 3.63) is 70.3 Å². The van der Waals surface area contributed by atoms with Crippen molar-refractivity contribution >= 4 is 43.6 Å². The highest BCUT2D eigenvalue weighted by Crippen LogP contribution is 2.28.